The molecule has 0 radical (unpaired) electrons. The van der Waals surface area contributed by atoms with Crippen molar-refractivity contribution < 1.29 is 18.0 Å². The highest BCUT2D eigenvalue weighted by atomic mass is 19.4. The number of nitrogens with zero attached hydrogens (tertiary/aromatic N) is 3. The van der Waals surface area contributed by atoms with Crippen LogP contribution in [0.1, 0.15) is 38.2 Å². The summed E-state index contributed by atoms with van der Waals surface area (Å²) in [5.74, 6) is 5.93. The lowest BCUT2D eigenvalue weighted by Gasteiger charge is -2.33. The number of Topliss-reactive ketones (excluding diaryl/α,β-unsaturated/α-hetero) is 1. The van der Waals surface area contributed by atoms with Crippen LogP contribution in [0.25, 0.3) is 0 Å². The van der Waals surface area contributed by atoms with Crippen LogP contribution in [0.15, 0.2) is 60.8 Å². The molecule has 2 heterocycles. The third-order valence-electron chi connectivity index (χ3n) is 6.20. The second-order valence-corrected chi connectivity index (χ2v) is 8.94. The number of hydrogen-bond acceptors (Lipinski definition) is 5. The molecule has 0 amide bonds. The Hall–Kier alpha value is -3.67. The molecule has 1 aromatic heterocycles. The first-order valence-electron chi connectivity index (χ1n) is 11.6. The smallest absolute Gasteiger partial charge is 0.383 e. The van der Waals surface area contributed by atoms with Gasteiger partial charge in [-0.2, -0.15) is 13.2 Å². The predicted molar refractivity (Wildman–Crippen MR) is 133 cm³/mol. The number of anilines is 1. The van der Waals surface area contributed by atoms with E-state index >= 15 is 0 Å². The van der Waals surface area contributed by atoms with Crippen molar-refractivity contribution in [1.82, 2.24) is 14.8 Å². The topological polar surface area (TPSA) is 62.5 Å². The minimum Gasteiger partial charge on any atom is -0.383 e. The van der Waals surface area contributed by atoms with E-state index in [1.807, 2.05) is 11.9 Å². The fourth-order valence-corrected chi connectivity index (χ4v) is 4.10. The number of alkyl halides is 3. The van der Waals surface area contributed by atoms with E-state index in [9.17, 15) is 18.0 Å². The molecule has 4 rings (SSSR count). The summed E-state index contributed by atoms with van der Waals surface area (Å²) in [4.78, 5) is 21.1. The Morgan fingerprint density at radius 2 is 1.81 bits per heavy atom. The quantitative estimate of drug-likeness (QED) is 0.426. The highest BCUT2D eigenvalue weighted by molar-refractivity contribution is 5.97. The van der Waals surface area contributed by atoms with E-state index in [1.54, 1.807) is 48.7 Å². The molecule has 0 unspecified atom stereocenters. The Balaban J connectivity index is 1.50. The fourth-order valence-electron chi connectivity index (χ4n) is 4.10. The van der Waals surface area contributed by atoms with Gasteiger partial charge in [-0.05, 0) is 48.5 Å². The maximum absolute atomic E-state index is 13.9. The van der Waals surface area contributed by atoms with Crippen LogP contribution >= 0.6 is 0 Å². The summed E-state index contributed by atoms with van der Waals surface area (Å²) in [7, 11) is 2.00. The Bertz CT molecular complexity index is 1300. The van der Waals surface area contributed by atoms with Crippen molar-refractivity contribution in [2.75, 3.05) is 39.0 Å². The molecule has 1 fully saturated rings. The van der Waals surface area contributed by atoms with Crippen molar-refractivity contribution in [2.24, 2.45) is 0 Å². The molecule has 3 aromatic rings. The number of ketones is 1. The molecule has 8 heteroatoms. The van der Waals surface area contributed by atoms with Gasteiger partial charge in [0.25, 0.3) is 0 Å². The van der Waals surface area contributed by atoms with Gasteiger partial charge in [0.1, 0.15) is 5.82 Å². The molecule has 0 atom stereocenters. The summed E-state index contributed by atoms with van der Waals surface area (Å²) >= 11 is 0. The zero-order chi connectivity index (χ0) is 25.7. The minimum atomic E-state index is -4.50. The lowest BCUT2D eigenvalue weighted by Crippen LogP contribution is -2.44. The van der Waals surface area contributed by atoms with Crippen LogP contribution in [0.5, 0.6) is 0 Å². The number of halogens is 3. The van der Waals surface area contributed by atoms with Gasteiger partial charge in [0, 0.05) is 56.5 Å². The van der Waals surface area contributed by atoms with Gasteiger partial charge in [-0.3, -0.25) is 9.69 Å². The van der Waals surface area contributed by atoms with Crippen LogP contribution in [0, 0.1) is 11.8 Å². The van der Waals surface area contributed by atoms with Crippen molar-refractivity contribution in [3.8, 4) is 11.8 Å². The van der Waals surface area contributed by atoms with Gasteiger partial charge in [0.2, 0.25) is 0 Å². The molecule has 2 aromatic carbocycles. The van der Waals surface area contributed by atoms with E-state index < -0.39 is 11.7 Å². The first kappa shape index (κ1) is 25.4. The highest BCUT2D eigenvalue weighted by Gasteiger charge is 2.34. The van der Waals surface area contributed by atoms with Crippen LogP contribution in [0.2, 0.25) is 0 Å². The van der Waals surface area contributed by atoms with Gasteiger partial charge in [-0.15, -0.1) is 0 Å². The average Bonchev–Trinajstić information content (AvgIpc) is 2.85. The molecule has 1 aliphatic heterocycles. The lowest BCUT2D eigenvalue weighted by molar-refractivity contribution is -0.138. The summed E-state index contributed by atoms with van der Waals surface area (Å²) in [6.45, 7) is 3.33. The normalized spacial score (nSPS) is 14.8. The van der Waals surface area contributed by atoms with E-state index in [4.69, 9.17) is 5.73 Å². The Morgan fingerprint density at radius 3 is 2.53 bits per heavy atom. The number of hydrogen-bond donors (Lipinski definition) is 1. The van der Waals surface area contributed by atoms with Crippen molar-refractivity contribution >= 4 is 11.6 Å². The van der Waals surface area contributed by atoms with E-state index in [0.29, 0.717) is 28.1 Å². The summed E-state index contributed by atoms with van der Waals surface area (Å²) in [6, 6.07) is 14.4. The number of aromatic nitrogens is 1. The standard InChI is InChI=1S/C28H27F3N4O/c1-34-12-14-35(15-13-34)19-24-10-8-21(17-25(24)28(29,30)31)18-26(36)23-5-2-4-20(16-23)7-9-22-6-3-11-33-27(22)32/h2-6,8,10-11,16-17H,12-15,18-19H2,1H3,(H2,32,33). The van der Waals surface area contributed by atoms with Gasteiger partial charge in [0.15, 0.2) is 5.78 Å². The van der Waals surface area contributed by atoms with Gasteiger partial charge >= 0.3 is 6.18 Å². The molecule has 0 bridgehead atoms. The summed E-state index contributed by atoms with van der Waals surface area (Å²) in [5, 5.41) is 0. The third kappa shape index (κ3) is 6.51. The molecule has 186 valence electrons. The largest absolute Gasteiger partial charge is 0.416 e. The summed E-state index contributed by atoms with van der Waals surface area (Å²) in [6.07, 6.45) is -3.06. The Kier molecular flexibility index (Phi) is 7.73. The number of likely N-dealkylation sites (N-methyl/N-ethyl adjacent to an activating group) is 1. The lowest BCUT2D eigenvalue weighted by atomic mass is 9.97. The van der Waals surface area contributed by atoms with Gasteiger partial charge in [0.05, 0.1) is 11.1 Å². The van der Waals surface area contributed by atoms with Crippen molar-refractivity contribution in [2.45, 2.75) is 19.1 Å². The van der Waals surface area contributed by atoms with Crippen LogP contribution in [-0.4, -0.2) is 53.8 Å². The number of carbonyl (C=O) groups is 1. The maximum Gasteiger partial charge on any atom is 0.416 e. The van der Waals surface area contributed by atoms with E-state index in [-0.39, 0.29) is 24.3 Å². The third-order valence-corrected chi connectivity index (χ3v) is 6.20. The fraction of sp³-hybridized carbons (Fsp3) is 0.286. The van der Waals surface area contributed by atoms with Crippen LogP contribution in [0.3, 0.4) is 0 Å². The number of nitrogen functional groups attached to an aromatic ring is 1. The minimum absolute atomic E-state index is 0.135. The van der Waals surface area contributed by atoms with Crippen LogP contribution in [-0.2, 0) is 19.1 Å². The number of benzene rings is 2. The molecule has 0 saturated carbocycles. The van der Waals surface area contributed by atoms with Crippen LogP contribution < -0.4 is 5.73 Å². The van der Waals surface area contributed by atoms with Crippen LogP contribution in [0.4, 0.5) is 19.0 Å². The zero-order valence-electron chi connectivity index (χ0n) is 20.0. The summed E-state index contributed by atoms with van der Waals surface area (Å²) < 4.78 is 41.6. The summed E-state index contributed by atoms with van der Waals surface area (Å²) in [5.41, 5.74) is 7.25. The molecule has 36 heavy (non-hydrogen) atoms. The Labute approximate surface area is 208 Å². The zero-order valence-corrected chi connectivity index (χ0v) is 20.0. The monoisotopic (exact) mass is 492 g/mol. The van der Waals surface area contributed by atoms with Gasteiger partial charge < -0.3 is 10.6 Å². The SMILES string of the molecule is CN1CCN(Cc2ccc(CC(=O)c3cccc(C#Cc4cccnc4N)c3)cc2C(F)(F)F)CC1. The highest BCUT2D eigenvalue weighted by Crippen LogP contribution is 2.34. The van der Waals surface area contributed by atoms with E-state index in [1.165, 1.54) is 6.07 Å². The number of piperazine rings is 1. The average molecular weight is 493 g/mol. The molecule has 1 saturated heterocycles. The van der Waals surface area contributed by atoms with Crippen molar-refractivity contribution in [3.05, 3.63) is 94.2 Å². The molecular weight excluding hydrogens is 465 g/mol. The number of nitrogens with two attached hydrogens (primary N) is 1. The second kappa shape index (κ2) is 10.9. The van der Waals surface area contributed by atoms with E-state index in [0.717, 1.165) is 32.2 Å². The van der Waals surface area contributed by atoms with Crippen molar-refractivity contribution in [1.29, 1.82) is 0 Å². The number of carbonyl (C=O) groups excluding carboxylic acids is 1. The molecular formula is C28H27F3N4O. The molecule has 0 spiro atoms. The second-order valence-electron chi connectivity index (χ2n) is 8.94. The molecule has 2 N–H and O–H groups in total. The van der Waals surface area contributed by atoms with E-state index in [2.05, 4.69) is 21.7 Å². The first-order chi connectivity index (χ1) is 17.2. The molecule has 0 aliphatic carbocycles. The van der Waals surface area contributed by atoms with Gasteiger partial charge in [-0.1, -0.05) is 36.1 Å². The Morgan fingerprint density at radius 1 is 1.03 bits per heavy atom. The predicted octanol–water partition coefficient (Wildman–Crippen LogP) is 4.26. The number of rotatable bonds is 5. The molecule has 1 aliphatic rings. The first-order valence-corrected chi connectivity index (χ1v) is 11.6. The maximum atomic E-state index is 13.9. The number of pyridine rings is 1. The molecule has 5 nitrogen and oxygen atoms in total. The van der Waals surface area contributed by atoms with Crippen molar-refractivity contribution in [3.63, 3.8) is 0 Å². The van der Waals surface area contributed by atoms with Gasteiger partial charge in [-0.25, -0.2) is 4.98 Å².